The van der Waals surface area contributed by atoms with E-state index < -0.39 is 30.3 Å². The minimum Gasteiger partial charge on any atom is -0.481 e. The molecule has 126 valence electrons. The van der Waals surface area contributed by atoms with Crippen LogP contribution in [-0.4, -0.2) is 23.5 Å². The third kappa shape index (κ3) is 4.73. The summed E-state index contributed by atoms with van der Waals surface area (Å²) >= 11 is 3.19. The van der Waals surface area contributed by atoms with Gasteiger partial charge in [-0.15, -0.1) is 0 Å². The molecule has 1 aliphatic rings. The fraction of sp³-hybridized carbons (Fsp3) is 0.500. The van der Waals surface area contributed by atoms with E-state index in [2.05, 4.69) is 21.2 Å². The van der Waals surface area contributed by atoms with Crippen molar-refractivity contribution in [3.05, 3.63) is 34.3 Å². The molecule has 1 aromatic carbocycles. The Morgan fingerprint density at radius 1 is 1.13 bits per heavy atom. The van der Waals surface area contributed by atoms with E-state index in [-0.39, 0.29) is 11.5 Å². The lowest BCUT2D eigenvalue weighted by atomic mass is 9.81. The van der Waals surface area contributed by atoms with Crippen molar-refractivity contribution in [3.8, 4) is 0 Å². The number of rotatable bonds is 5. The van der Waals surface area contributed by atoms with Crippen molar-refractivity contribution in [3.63, 3.8) is 0 Å². The average Bonchev–Trinajstić information content (AvgIpc) is 2.53. The van der Waals surface area contributed by atoms with Gasteiger partial charge in [-0.25, -0.2) is 0 Å². The second kappa shape index (κ2) is 7.38. The summed E-state index contributed by atoms with van der Waals surface area (Å²) in [7, 11) is 0. The number of carboxylic acid groups (broad SMARTS) is 1. The first kappa shape index (κ1) is 17.8. The lowest BCUT2D eigenvalue weighted by Gasteiger charge is -2.26. The van der Waals surface area contributed by atoms with Crippen LogP contribution in [0.25, 0.3) is 0 Å². The minimum atomic E-state index is -3.14. The van der Waals surface area contributed by atoms with Crippen molar-refractivity contribution in [1.29, 1.82) is 0 Å². The Hall–Kier alpha value is -1.50. The summed E-state index contributed by atoms with van der Waals surface area (Å²) in [5.41, 5.74) is -0.157. The molecule has 23 heavy (non-hydrogen) atoms. The predicted octanol–water partition coefficient (Wildman–Crippen LogP) is 3.55. The lowest BCUT2D eigenvalue weighted by molar-refractivity contribution is -0.144. The molecule has 0 heterocycles. The quantitative estimate of drug-likeness (QED) is 0.808. The highest BCUT2D eigenvalue weighted by molar-refractivity contribution is 9.10. The number of hydrogen-bond acceptors (Lipinski definition) is 2. The standard InChI is InChI=1S/C16H18BrF2NO3/c17-13-7-5-12(6-8-13)16(18,19)9-20-14(21)10-1-3-11(4-2-10)15(22)23/h5-8,10-11H,1-4,9H2,(H,20,21)(H,22,23). The Kier molecular flexibility index (Phi) is 5.73. The van der Waals surface area contributed by atoms with Crippen LogP contribution in [0.3, 0.4) is 0 Å². The molecule has 2 rings (SSSR count). The molecule has 0 radical (unpaired) electrons. The van der Waals surface area contributed by atoms with E-state index in [9.17, 15) is 18.4 Å². The van der Waals surface area contributed by atoms with Gasteiger partial charge >= 0.3 is 5.97 Å². The van der Waals surface area contributed by atoms with Gasteiger partial charge in [0.05, 0.1) is 12.5 Å². The summed E-state index contributed by atoms with van der Waals surface area (Å²) < 4.78 is 28.9. The molecule has 0 spiro atoms. The Bertz CT molecular complexity index is 569. The number of benzene rings is 1. The summed E-state index contributed by atoms with van der Waals surface area (Å²) in [6, 6.07) is 5.68. The second-order valence-corrected chi connectivity index (χ2v) is 6.73. The molecule has 0 bridgehead atoms. The Morgan fingerprint density at radius 2 is 1.65 bits per heavy atom. The van der Waals surface area contributed by atoms with Gasteiger partial charge in [0.1, 0.15) is 0 Å². The van der Waals surface area contributed by atoms with E-state index in [0.717, 1.165) is 0 Å². The predicted molar refractivity (Wildman–Crippen MR) is 84.1 cm³/mol. The van der Waals surface area contributed by atoms with Gasteiger partial charge in [-0.05, 0) is 37.8 Å². The summed E-state index contributed by atoms with van der Waals surface area (Å²) in [5, 5.41) is 11.2. The fourth-order valence-corrected chi connectivity index (χ4v) is 3.01. The van der Waals surface area contributed by atoms with E-state index in [1.807, 2.05) is 0 Å². The second-order valence-electron chi connectivity index (χ2n) is 5.82. The normalized spacial score (nSPS) is 21.7. The van der Waals surface area contributed by atoms with Gasteiger partial charge in [0, 0.05) is 16.0 Å². The maximum atomic E-state index is 14.1. The monoisotopic (exact) mass is 389 g/mol. The van der Waals surface area contributed by atoms with Crippen molar-refractivity contribution in [2.45, 2.75) is 31.6 Å². The SMILES string of the molecule is O=C(O)C1CCC(C(=O)NCC(F)(F)c2ccc(Br)cc2)CC1. The molecule has 2 N–H and O–H groups in total. The number of hydrogen-bond donors (Lipinski definition) is 2. The third-order valence-corrected chi connectivity index (χ3v) is 4.73. The molecule has 1 aromatic rings. The van der Waals surface area contributed by atoms with Gasteiger partial charge in [-0.3, -0.25) is 9.59 Å². The topological polar surface area (TPSA) is 66.4 Å². The fourth-order valence-electron chi connectivity index (χ4n) is 2.74. The van der Waals surface area contributed by atoms with Gasteiger partial charge in [0.15, 0.2) is 0 Å². The molecule has 0 aliphatic heterocycles. The highest BCUT2D eigenvalue weighted by atomic mass is 79.9. The van der Waals surface area contributed by atoms with Crippen molar-refractivity contribution in [2.75, 3.05) is 6.54 Å². The molecule has 0 unspecified atom stereocenters. The van der Waals surface area contributed by atoms with Gasteiger partial charge in [0.25, 0.3) is 5.92 Å². The van der Waals surface area contributed by atoms with E-state index in [4.69, 9.17) is 5.11 Å². The molecule has 4 nitrogen and oxygen atoms in total. The van der Waals surface area contributed by atoms with Crippen molar-refractivity contribution in [1.82, 2.24) is 5.32 Å². The van der Waals surface area contributed by atoms with Crippen LogP contribution >= 0.6 is 15.9 Å². The Balaban J connectivity index is 1.86. The van der Waals surface area contributed by atoms with Crippen LogP contribution in [0.5, 0.6) is 0 Å². The smallest absolute Gasteiger partial charge is 0.306 e. The maximum Gasteiger partial charge on any atom is 0.306 e. The van der Waals surface area contributed by atoms with Gasteiger partial charge < -0.3 is 10.4 Å². The maximum absolute atomic E-state index is 14.1. The van der Waals surface area contributed by atoms with Crippen LogP contribution in [0, 0.1) is 11.8 Å². The number of carbonyl (C=O) groups excluding carboxylic acids is 1. The molecule has 1 aliphatic carbocycles. The molecule has 1 fully saturated rings. The van der Waals surface area contributed by atoms with Crippen LogP contribution < -0.4 is 5.32 Å². The van der Waals surface area contributed by atoms with Crippen molar-refractivity contribution >= 4 is 27.8 Å². The molecule has 1 saturated carbocycles. The zero-order chi connectivity index (χ0) is 17.0. The molecular formula is C16H18BrF2NO3. The number of carboxylic acids is 1. The van der Waals surface area contributed by atoms with E-state index >= 15 is 0 Å². The average molecular weight is 390 g/mol. The van der Waals surface area contributed by atoms with Crippen LogP contribution in [-0.2, 0) is 15.5 Å². The zero-order valence-corrected chi connectivity index (χ0v) is 14.0. The molecule has 0 saturated heterocycles. The number of halogens is 3. The van der Waals surface area contributed by atoms with Crippen LogP contribution in [0.1, 0.15) is 31.2 Å². The Morgan fingerprint density at radius 3 is 2.17 bits per heavy atom. The van der Waals surface area contributed by atoms with E-state index in [1.54, 1.807) is 0 Å². The largest absolute Gasteiger partial charge is 0.481 e. The first-order valence-corrected chi connectivity index (χ1v) is 8.23. The van der Waals surface area contributed by atoms with Gasteiger partial charge in [-0.1, -0.05) is 28.1 Å². The molecule has 0 aromatic heterocycles. The minimum absolute atomic E-state index is 0.157. The first-order chi connectivity index (χ1) is 10.8. The van der Waals surface area contributed by atoms with Crippen molar-refractivity contribution in [2.24, 2.45) is 11.8 Å². The first-order valence-electron chi connectivity index (χ1n) is 7.44. The van der Waals surface area contributed by atoms with Crippen LogP contribution in [0.15, 0.2) is 28.7 Å². The highest BCUT2D eigenvalue weighted by Crippen LogP contribution is 2.31. The zero-order valence-electron chi connectivity index (χ0n) is 12.4. The molecule has 1 amide bonds. The van der Waals surface area contributed by atoms with Gasteiger partial charge in [-0.2, -0.15) is 8.78 Å². The summed E-state index contributed by atoms with van der Waals surface area (Å²) in [4.78, 5) is 22.9. The summed E-state index contributed by atoms with van der Waals surface area (Å²) in [5.74, 6) is -5.24. The number of nitrogens with one attached hydrogen (secondary N) is 1. The lowest BCUT2D eigenvalue weighted by Crippen LogP contribution is -2.40. The Labute approximate surface area is 141 Å². The molecule has 0 atom stereocenters. The van der Waals surface area contributed by atoms with Crippen LogP contribution in [0.2, 0.25) is 0 Å². The van der Waals surface area contributed by atoms with Crippen LogP contribution in [0.4, 0.5) is 8.78 Å². The number of carbonyl (C=O) groups is 2. The van der Waals surface area contributed by atoms with E-state index in [0.29, 0.717) is 30.2 Å². The van der Waals surface area contributed by atoms with Gasteiger partial charge in [0.2, 0.25) is 5.91 Å². The molecular weight excluding hydrogens is 372 g/mol. The summed E-state index contributed by atoms with van der Waals surface area (Å²) in [6.07, 6.45) is 1.67. The number of amides is 1. The van der Waals surface area contributed by atoms with Crippen molar-refractivity contribution < 1.29 is 23.5 Å². The third-order valence-electron chi connectivity index (χ3n) is 4.20. The van der Waals surface area contributed by atoms with E-state index in [1.165, 1.54) is 24.3 Å². The summed E-state index contributed by atoms with van der Waals surface area (Å²) in [6.45, 7) is -0.758. The number of alkyl halides is 2. The molecule has 7 heteroatoms. The highest BCUT2D eigenvalue weighted by Gasteiger charge is 2.34. The number of aliphatic carboxylic acids is 1.